The van der Waals surface area contributed by atoms with E-state index in [1.54, 1.807) is 0 Å². The van der Waals surface area contributed by atoms with Crippen molar-refractivity contribution in [3.63, 3.8) is 0 Å². The van der Waals surface area contributed by atoms with Gasteiger partial charge in [-0.25, -0.2) is 8.42 Å². The van der Waals surface area contributed by atoms with Gasteiger partial charge in [0.05, 0.1) is 5.25 Å². The van der Waals surface area contributed by atoms with Gasteiger partial charge in [-0.1, -0.05) is 58.1 Å². The second-order valence-corrected chi connectivity index (χ2v) is 9.30. The van der Waals surface area contributed by atoms with Gasteiger partial charge >= 0.3 is 0 Å². The van der Waals surface area contributed by atoms with Crippen LogP contribution in [0.15, 0.2) is 23.3 Å². The highest BCUT2D eigenvalue weighted by atomic mass is 35.6. The van der Waals surface area contributed by atoms with Crippen molar-refractivity contribution in [2.24, 2.45) is 0 Å². The van der Waals surface area contributed by atoms with Gasteiger partial charge in [-0.15, -0.1) is 0 Å². The third-order valence-electron chi connectivity index (χ3n) is 2.86. The number of allylic oxidation sites excluding steroid dienone is 2. The molecule has 0 aromatic carbocycles. The molecule has 0 N–H and O–H groups in total. The zero-order valence-corrected chi connectivity index (χ0v) is 12.1. The highest BCUT2D eigenvalue weighted by molar-refractivity contribution is 7.97. The third-order valence-corrected chi connectivity index (χ3v) is 6.69. The Labute approximate surface area is 111 Å². The van der Waals surface area contributed by atoms with E-state index in [1.807, 2.05) is 13.8 Å². The van der Waals surface area contributed by atoms with Crippen LogP contribution in [0, 0.1) is 0 Å². The summed E-state index contributed by atoms with van der Waals surface area (Å²) in [6, 6.07) is 0. The lowest BCUT2D eigenvalue weighted by Crippen LogP contribution is -2.35. The molecular formula is C10H13Cl3O2S. The molecule has 0 aromatic heterocycles. The Morgan fingerprint density at radius 1 is 1.25 bits per heavy atom. The normalized spacial score (nSPS) is 23.8. The quantitative estimate of drug-likeness (QED) is 0.545. The monoisotopic (exact) mass is 302 g/mol. The van der Waals surface area contributed by atoms with Gasteiger partial charge < -0.3 is 0 Å². The van der Waals surface area contributed by atoms with Gasteiger partial charge in [0.1, 0.15) is 0 Å². The molecule has 0 bridgehead atoms. The van der Waals surface area contributed by atoms with Gasteiger partial charge in [0.25, 0.3) is 3.12 Å². The summed E-state index contributed by atoms with van der Waals surface area (Å²) in [5.74, 6) is 0. The predicted molar refractivity (Wildman–Crippen MR) is 69.7 cm³/mol. The van der Waals surface area contributed by atoms with Crippen LogP contribution in [0.25, 0.3) is 0 Å². The van der Waals surface area contributed by atoms with E-state index in [2.05, 4.69) is 6.58 Å². The molecule has 0 heterocycles. The van der Waals surface area contributed by atoms with Gasteiger partial charge in [-0.2, -0.15) is 0 Å². The fourth-order valence-corrected chi connectivity index (χ4v) is 3.97. The Hall–Kier alpha value is 0.300. The van der Waals surface area contributed by atoms with Crippen LogP contribution in [0.3, 0.4) is 0 Å². The van der Waals surface area contributed by atoms with Crippen molar-refractivity contribution < 1.29 is 8.42 Å². The number of alkyl halides is 3. The fraction of sp³-hybridized carbons (Fsp3) is 0.600. The topological polar surface area (TPSA) is 34.1 Å². The molecule has 0 amide bonds. The molecule has 0 spiro atoms. The van der Waals surface area contributed by atoms with Gasteiger partial charge in [0, 0.05) is 0 Å². The average molecular weight is 304 g/mol. The summed E-state index contributed by atoms with van der Waals surface area (Å²) in [4.78, 5) is 0. The SMILES string of the molecule is C=C1CC(C)=C(C)CC1S(=O)(=O)C(Cl)(Cl)Cl. The summed E-state index contributed by atoms with van der Waals surface area (Å²) in [7, 11) is -3.84. The molecule has 1 atom stereocenters. The molecule has 16 heavy (non-hydrogen) atoms. The summed E-state index contributed by atoms with van der Waals surface area (Å²) < 4.78 is 21.7. The number of sulfone groups is 1. The summed E-state index contributed by atoms with van der Waals surface area (Å²) in [5.41, 5.74) is 2.76. The summed E-state index contributed by atoms with van der Waals surface area (Å²) in [6.07, 6.45) is 0.914. The molecule has 0 aliphatic heterocycles. The summed E-state index contributed by atoms with van der Waals surface area (Å²) in [5, 5.41) is -0.788. The van der Waals surface area contributed by atoms with E-state index in [9.17, 15) is 8.42 Å². The van der Waals surface area contributed by atoms with Crippen LogP contribution in [0.4, 0.5) is 0 Å². The zero-order chi connectivity index (χ0) is 12.7. The maximum atomic E-state index is 12.0. The van der Waals surface area contributed by atoms with E-state index in [4.69, 9.17) is 34.8 Å². The minimum absolute atomic E-state index is 0.362. The lowest BCUT2D eigenvalue weighted by atomic mass is 9.90. The Balaban J connectivity index is 3.15. The highest BCUT2D eigenvalue weighted by Gasteiger charge is 2.45. The zero-order valence-electron chi connectivity index (χ0n) is 9.06. The molecule has 92 valence electrons. The molecule has 0 radical (unpaired) electrons. The molecule has 0 saturated heterocycles. The van der Waals surface area contributed by atoms with Crippen molar-refractivity contribution in [1.29, 1.82) is 0 Å². The summed E-state index contributed by atoms with van der Waals surface area (Å²) in [6.45, 7) is 7.62. The largest absolute Gasteiger partial charge is 0.293 e. The predicted octanol–water partition coefficient (Wildman–Crippen LogP) is 3.78. The first-order valence-electron chi connectivity index (χ1n) is 4.70. The van der Waals surface area contributed by atoms with Crippen LogP contribution in [0.5, 0.6) is 0 Å². The van der Waals surface area contributed by atoms with E-state index in [-0.39, 0.29) is 0 Å². The van der Waals surface area contributed by atoms with Crippen molar-refractivity contribution >= 4 is 44.6 Å². The first kappa shape index (κ1) is 14.4. The van der Waals surface area contributed by atoms with Crippen LogP contribution >= 0.6 is 34.8 Å². The van der Waals surface area contributed by atoms with Gasteiger partial charge in [0.2, 0.25) is 9.84 Å². The standard InChI is InChI=1S/C10H13Cl3O2S/c1-6-4-8(3)9(5-7(6)2)16(14,15)10(11,12)13/h9H,3-5H2,1-2H3. The first-order chi connectivity index (χ1) is 7.07. The Morgan fingerprint density at radius 2 is 1.75 bits per heavy atom. The van der Waals surface area contributed by atoms with E-state index in [0.29, 0.717) is 18.4 Å². The number of hydrogen-bond acceptors (Lipinski definition) is 2. The number of halogens is 3. The van der Waals surface area contributed by atoms with Gasteiger partial charge in [-0.05, 0) is 26.7 Å². The molecule has 0 saturated carbocycles. The Morgan fingerprint density at radius 3 is 2.19 bits per heavy atom. The molecule has 0 aromatic rings. The average Bonchev–Trinajstić information content (AvgIpc) is 2.09. The third kappa shape index (κ3) is 2.58. The maximum absolute atomic E-state index is 12.0. The van der Waals surface area contributed by atoms with Crippen molar-refractivity contribution in [2.75, 3.05) is 0 Å². The van der Waals surface area contributed by atoms with Crippen LogP contribution in [0.2, 0.25) is 0 Å². The van der Waals surface area contributed by atoms with Crippen LogP contribution in [-0.2, 0) is 9.84 Å². The van der Waals surface area contributed by atoms with Crippen molar-refractivity contribution in [1.82, 2.24) is 0 Å². The number of rotatable bonds is 1. The molecular weight excluding hydrogens is 291 g/mol. The van der Waals surface area contributed by atoms with Crippen LogP contribution in [-0.4, -0.2) is 16.8 Å². The molecule has 1 unspecified atom stereocenters. The van der Waals surface area contributed by atoms with Crippen molar-refractivity contribution in [2.45, 2.75) is 35.1 Å². The summed E-state index contributed by atoms with van der Waals surface area (Å²) >= 11 is 16.5. The van der Waals surface area contributed by atoms with Gasteiger partial charge in [0.15, 0.2) is 0 Å². The van der Waals surface area contributed by atoms with E-state index < -0.39 is 18.2 Å². The van der Waals surface area contributed by atoms with Crippen LogP contribution < -0.4 is 0 Å². The van der Waals surface area contributed by atoms with Gasteiger partial charge in [-0.3, -0.25) is 0 Å². The molecule has 6 heteroatoms. The second kappa shape index (κ2) is 4.52. The number of hydrogen-bond donors (Lipinski definition) is 0. The molecule has 1 aliphatic carbocycles. The molecule has 1 aliphatic rings. The van der Waals surface area contributed by atoms with E-state index in [0.717, 1.165) is 11.1 Å². The second-order valence-electron chi connectivity index (χ2n) is 4.08. The lowest BCUT2D eigenvalue weighted by molar-refractivity contribution is 0.581. The molecule has 1 rings (SSSR count). The van der Waals surface area contributed by atoms with Crippen LogP contribution in [0.1, 0.15) is 26.7 Å². The fourth-order valence-electron chi connectivity index (χ4n) is 1.69. The van der Waals surface area contributed by atoms with Crippen molar-refractivity contribution in [3.8, 4) is 0 Å². The lowest BCUT2D eigenvalue weighted by Gasteiger charge is -2.29. The molecule has 0 fully saturated rings. The van der Waals surface area contributed by atoms with E-state index >= 15 is 0 Å². The van der Waals surface area contributed by atoms with Crippen molar-refractivity contribution in [3.05, 3.63) is 23.3 Å². The smallest absolute Gasteiger partial charge is 0.224 e. The Kier molecular flexibility index (Phi) is 4.06. The maximum Gasteiger partial charge on any atom is 0.293 e. The van der Waals surface area contributed by atoms with E-state index in [1.165, 1.54) is 0 Å². The first-order valence-corrected chi connectivity index (χ1v) is 7.38. The minimum atomic E-state index is -3.84. The Bertz CT molecular complexity index is 443. The molecule has 2 nitrogen and oxygen atoms in total. The highest BCUT2D eigenvalue weighted by Crippen LogP contribution is 2.42. The minimum Gasteiger partial charge on any atom is -0.224 e.